The van der Waals surface area contributed by atoms with Crippen molar-refractivity contribution in [3.05, 3.63) is 56.6 Å². The van der Waals surface area contributed by atoms with Gasteiger partial charge in [0.25, 0.3) is 0 Å². The van der Waals surface area contributed by atoms with Gasteiger partial charge in [0.1, 0.15) is 5.56 Å². The number of hydrogen-bond donors (Lipinski definition) is 2. The van der Waals surface area contributed by atoms with Crippen molar-refractivity contribution in [1.82, 2.24) is 9.38 Å². The molecule has 3 aromatic rings. The van der Waals surface area contributed by atoms with E-state index >= 15 is 0 Å². The van der Waals surface area contributed by atoms with Crippen molar-refractivity contribution in [3.63, 3.8) is 0 Å². The average Bonchev–Trinajstić information content (AvgIpc) is 3.00. The first kappa shape index (κ1) is 15.0. The Kier molecular flexibility index (Phi) is 3.98. The minimum Gasteiger partial charge on any atom is -0.462 e. The molecule has 0 aliphatic heterocycles. The van der Waals surface area contributed by atoms with Crippen molar-refractivity contribution < 1.29 is 9.53 Å². The third kappa shape index (κ3) is 2.53. The highest BCUT2D eigenvalue weighted by Gasteiger charge is 2.21. The second kappa shape index (κ2) is 6.09. The number of hydrogen-bond acceptors (Lipinski definition) is 6. The minimum absolute atomic E-state index is 0.233. The summed E-state index contributed by atoms with van der Waals surface area (Å²) in [6.07, 6.45) is 0. The van der Waals surface area contributed by atoms with Gasteiger partial charge in [-0.05, 0) is 12.5 Å². The maximum atomic E-state index is 12.4. The summed E-state index contributed by atoms with van der Waals surface area (Å²) in [5.41, 5.74) is 1.41. The first-order valence-corrected chi connectivity index (χ1v) is 7.78. The number of benzene rings is 1. The Morgan fingerprint density at radius 3 is 2.78 bits per heavy atom. The van der Waals surface area contributed by atoms with Crippen molar-refractivity contribution in [2.75, 3.05) is 6.61 Å². The number of aromatic nitrogens is 2. The molecule has 0 amide bonds. The van der Waals surface area contributed by atoms with E-state index in [1.54, 1.807) is 12.3 Å². The third-order valence-corrected chi connectivity index (χ3v) is 4.14. The molecule has 7 nitrogen and oxygen atoms in total. The van der Waals surface area contributed by atoms with E-state index in [0.717, 1.165) is 0 Å². The van der Waals surface area contributed by atoms with Crippen LogP contribution in [0, 0.1) is 0 Å². The van der Waals surface area contributed by atoms with Crippen molar-refractivity contribution in [2.45, 2.75) is 6.92 Å². The molecule has 1 aromatic carbocycles. The van der Waals surface area contributed by atoms with Crippen molar-refractivity contribution >= 4 is 22.8 Å². The van der Waals surface area contributed by atoms with Gasteiger partial charge < -0.3 is 15.6 Å². The van der Waals surface area contributed by atoms with Gasteiger partial charge >= 0.3 is 11.7 Å². The first-order chi connectivity index (χ1) is 11.2. The molecule has 0 saturated heterocycles. The number of thiazole rings is 1. The van der Waals surface area contributed by atoms with Crippen LogP contribution in [0.3, 0.4) is 0 Å². The van der Waals surface area contributed by atoms with E-state index in [-0.39, 0.29) is 12.2 Å². The highest BCUT2D eigenvalue weighted by molar-refractivity contribution is 7.07. The van der Waals surface area contributed by atoms with Crippen LogP contribution >= 0.6 is 11.3 Å². The smallest absolute Gasteiger partial charge is 0.342 e. The van der Waals surface area contributed by atoms with Crippen molar-refractivity contribution in [3.8, 4) is 11.3 Å². The lowest BCUT2D eigenvalue weighted by Crippen LogP contribution is -2.28. The van der Waals surface area contributed by atoms with E-state index < -0.39 is 11.7 Å². The van der Waals surface area contributed by atoms with Crippen LogP contribution in [-0.2, 0) is 4.74 Å². The summed E-state index contributed by atoms with van der Waals surface area (Å²) < 4.78 is 6.42. The number of carbonyl (C=O) groups excluding carboxylic acids is 1. The number of carbonyl (C=O) groups is 1. The van der Waals surface area contributed by atoms with Crippen LogP contribution in [0.5, 0.6) is 0 Å². The molecule has 23 heavy (non-hydrogen) atoms. The van der Waals surface area contributed by atoms with Gasteiger partial charge in [-0.3, -0.25) is 0 Å². The Morgan fingerprint density at radius 2 is 2.13 bits per heavy atom. The fourth-order valence-corrected chi connectivity index (χ4v) is 3.14. The van der Waals surface area contributed by atoms with Crippen LogP contribution in [0.15, 0.2) is 45.6 Å². The van der Waals surface area contributed by atoms with Gasteiger partial charge in [-0.2, -0.15) is 5.10 Å². The summed E-state index contributed by atoms with van der Waals surface area (Å²) in [4.78, 5) is 27.9. The van der Waals surface area contributed by atoms with Crippen LogP contribution in [0.1, 0.15) is 17.3 Å². The van der Waals surface area contributed by atoms with Gasteiger partial charge in [0, 0.05) is 5.38 Å². The molecule has 0 bridgehead atoms. The molecular weight excluding hydrogens is 316 g/mol. The lowest BCUT2D eigenvalue weighted by atomic mass is 10.1. The van der Waals surface area contributed by atoms with Crippen LogP contribution in [0.25, 0.3) is 16.8 Å². The lowest BCUT2D eigenvalue weighted by Gasteiger charge is -2.10. The molecule has 0 spiro atoms. The summed E-state index contributed by atoms with van der Waals surface area (Å²) >= 11 is 1.17. The number of H-pyrrole nitrogens is 1. The second-order valence-corrected chi connectivity index (χ2v) is 5.47. The predicted octanol–water partition coefficient (Wildman–Crippen LogP) is 1.31. The summed E-state index contributed by atoms with van der Waals surface area (Å²) in [7, 11) is 0. The van der Waals surface area contributed by atoms with E-state index in [2.05, 4.69) is 10.1 Å². The quantitative estimate of drug-likeness (QED) is 0.429. The Balaban J connectivity index is 2.43. The number of ether oxygens (including phenoxy) is 1. The largest absolute Gasteiger partial charge is 0.462 e. The molecule has 2 aromatic heterocycles. The molecule has 0 atom stereocenters. The van der Waals surface area contributed by atoms with Crippen molar-refractivity contribution in [2.24, 2.45) is 10.9 Å². The number of nitrogens with two attached hydrogens (primary N) is 1. The lowest BCUT2D eigenvalue weighted by molar-refractivity contribution is 0.0528. The van der Waals surface area contributed by atoms with E-state index in [1.165, 1.54) is 15.7 Å². The molecule has 0 aliphatic carbocycles. The number of nitrogens with zero attached hydrogens (tertiary/aromatic N) is 2. The van der Waals surface area contributed by atoms with Crippen LogP contribution in [0.2, 0.25) is 0 Å². The summed E-state index contributed by atoms with van der Waals surface area (Å²) in [5.74, 6) is 4.80. The van der Waals surface area contributed by atoms with Gasteiger partial charge in [0.2, 0.25) is 4.80 Å². The second-order valence-electron chi connectivity index (χ2n) is 4.63. The van der Waals surface area contributed by atoms with E-state index in [4.69, 9.17) is 10.6 Å². The standard InChI is InChI=1S/C15H14N4O3S/c1-2-22-13(20)11-10-8-23-15(18-16)19(10)14(21)17-12(11)9-6-4-3-5-7-9/h3-8H,2,16H2,1H3,(H,17,21)/b18-15+. The van der Waals surface area contributed by atoms with E-state index in [0.29, 0.717) is 21.6 Å². The Hall–Kier alpha value is -2.87. The number of fused-ring (bicyclic) bond motifs is 1. The van der Waals surface area contributed by atoms with Gasteiger partial charge in [-0.25, -0.2) is 14.0 Å². The fraction of sp³-hybridized carbons (Fsp3) is 0.133. The normalized spacial score (nSPS) is 11.8. The Morgan fingerprint density at radius 1 is 1.39 bits per heavy atom. The molecule has 118 valence electrons. The van der Waals surface area contributed by atoms with Crippen LogP contribution in [0.4, 0.5) is 0 Å². The third-order valence-electron chi connectivity index (χ3n) is 3.30. The molecule has 0 unspecified atom stereocenters. The number of esters is 1. The SMILES string of the molecule is CCOC(=O)c1c(-c2ccccc2)[nH]c(=O)n2/c(=N\N)scc12. The maximum absolute atomic E-state index is 12.4. The van der Waals surface area contributed by atoms with Gasteiger partial charge in [0.05, 0.1) is 17.8 Å². The zero-order valence-electron chi connectivity index (χ0n) is 12.3. The van der Waals surface area contributed by atoms with Gasteiger partial charge in [-0.1, -0.05) is 30.3 Å². The number of aromatic amines is 1. The Bertz CT molecular complexity index is 985. The highest BCUT2D eigenvalue weighted by Crippen LogP contribution is 2.24. The molecule has 3 N–H and O–H groups in total. The molecule has 8 heteroatoms. The number of rotatable bonds is 3. The highest BCUT2D eigenvalue weighted by atomic mass is 32.1. The number of nitrogens with one attached hydrogen (secondary N) is 1. The minimum atomic E-state index is -0.513. The fourth-order valence-electron chi connectivity index (χ4n) is 2.36. The molecule has 0 radical (unpaired) electrons. The summed E-state index contributed by atoms with van der Waals surface area (Å²) in [5, 5.41) is 5.24. The zero-order chi connectivity index (χ0) is 16.4. The molecule has 0 fully saturated rings. The van der Waals surface area contributed by atoms with Gasteiger partial charge in [-0.15, -0.1) is 11.3 Å². The van der Waals surface area contributed by atoms with E-state index in [1.807, 2.05) is 30.3 Å². The maximum Gasteiger partial charge on any atom is 0.342 e. The molecule has 0 aliphatic rings. The zero-order valence-corrected chi connectivity index (χ0v) is 13.1. The van der Waals surface area contributed by atoms with Crippen molar-refractivity contribution in [1.29, 1.82) is 0 Å². The molecule has 0 saturated carbocycles. The monoisotopic (exact) mass is 330 g/mol. The molecule has 3 rings (SSSR count). The molecular formula is C15H14N4O3S. The van der Waals surface area contributed by atoms with Crippen LogP contribution < -0.4 is 16.3 Å². The predicted molar refractivity (Wildman–Crippen MR) is 87.0 cm³/mol. The van der Waals surface area contributed by atoms with Crippen LogP contribution in [-0.4, -0.2) is 22.0 Å². The summed E-state index contributed by atoms with van der Waals surface area (Å²) in [6.45, 7) is 1.96. The first-order valence-electron chi connectivity index (χ1n) is 6.90. The average molecular weight is 330 g/mol. The topological polar surface area (TPSA) is 102 Å². The Labute approximate surface area is 134 Å². The van der Waals surface area contributed by atoms with E-state index in [9.17, 15) is 9.59 Å². The summed E-state index contributed by atoms with van der Waals surface area (Å²) in [6, 6.07) is 9.13. The molecule has 2 heterocycles. The van der Waals surface area contributed by atoms with Gasteiger partial charge in [0.15, 0.2) is 0 Å².